The molecule has 2 aromatic carbocycles. The summed E-state index contributed by atoms with van der Waals surface area (Å²) >= 11 is 5.95. The molecule has 1 aromatic heterocycles. The summed E-state index contributed by atoms with van der Waals surface area (Å²) in [5.74, 6) is -1.14. The van der Waals surface area contributed by atoms with Gasteiger partial charge in [-0.3, -0.25) is 4.79 Å². The maximum atomic E-state index is 13.3. The molecule has 0 atom stereocenters. The molecule has 0 unspecified atom stereocenters. The van der Waals surface area contributed by atoms with Gasteiger partial charge >= 0.3 is 12.1 Å². The molecule has 3 rings (SSSR count). The molecule has 0 saturated carbocycles. The van der Waals surface area contributed by atoms with E-state index in [0.29, 0.717) is 15.9 Å². The summed E-state index contributed by atoms with van der Waals surface area (Å²) < 4.78 is 39.9. The molecular formula is C17H11ClF3NO2. The largest absolute Gasteiger partial charge is 0.481 e. The van der Waals surface area contributed by atoms with Gasteiger partial charge in [0.05, 0.1) is 17.7 Å². The Morgan fingerprint density at radius 1 is 1.17 bits per heavy atom. The number of carboxylic acids is 1. The second kappa shape index (κ2) is 5.87. The number of carboxylic acid groups (broad SMARTS) is 1. The molecule has 0 saturated heterocycles. The summed E-state index contributed by atoms with van der Waals surface area (Å²) in [6, 6.07) is 9.81. The van der Waals surface area contributed by atoms with Gasteiger partial charge in [-0.2, -0.15) is 13.2 Å². The number of halogens is 4. The van der Waals surface area contributed by atoms with Gasteiger partial charge in [0, 0.05) is 21.5 Å². The smallest absolute Gasteiger partial charge is 0.417 e. The van der Waals surface area contributed by atoms with Gasteiger partial charge in [-0.25, -0.2) is 0 Å². The van der Waals surface area contributed by atoms with Gasteiger partial charge in [0.25, 0.3) is 0 Å². The molecule has 0 spiro atoms. The van der Waals surface area contributed by atoms with E-state index in [1.165, 1.54) is 18.2 Å². The van der Waals surface area contributed by atoms with Crippen LogP contribution in [0.3, 0.4) is 0 Å². The van der Waals surface area contributed by atoms with E-state index >= 15 is 0 Å². The highest BCUT2D eigenvalue weighted by Crippen LogP contribution is 2.40. The molecule has 0 amide bonds. The first kappa shape index (κ1) is 16.4. The second-order valence-corrected chi connectivity index (χ2v) is 5.72. The number of aliphatic carboxylic acids is 1. The van der Waals surface area contributed by atoms with Crippen molar-refractivity contribution < 1.29 is 23.1 Å². The maximum absolute atomic E-state index is 13.3. The number of nitrogens with one attached hydrogen (secondary N) is 1. The van der Waals surface area contributed by atoms with Crippen LogP contribution in [0.5, 0.6) is 0 Å². The molecule has 7 heteroatoms. The number of benzene rings is 2. The third kappa shape index (κ3) is 2.97. The van der Waals surface area contributed by atoms with E-state index in [0.717, 1.165) is 6.07 Å². The van der Waals surface area contributed by atoms with E-state index in [1.807, 2.05) is 0 Å². The molecule has 3 nitrogen and oxygen atoms in total. The van der Waals surface area contributed by atoms with E-state index in [4.69, 9.17) is 16.7 Å². The predicted molar refractivity (Wildman–Crippen MR) is 85.1 cm³/mol. The Bertz CT molecular complexity index is 931. The highest BCUT2D eigenvalue weighted by Gasteiger charge is 2.34. The number of carbonyl (C=O) groups is 1. The minimum absolute atomic E-state index is 0.0893. The topological polar surface area (TPSA) is 53.1 Å². The summed E-state index contributed by atoms with van der Waals surface area (Å²) in [5.41, 5.74) is 0.0322. The summed E-state index contributed by atoms with van der Waals surface area (Å²) in [6.07, 6.45) is -4.96. The molecule has 124 valence electrons. The van der Waals surface area contributed by atoms with Gasteiger partial charge in [-0.05, 0) is 29.8 Å². The second-order valence-electron chi connectivity index (χ2n) is 5.28. The number of hydrogen-bond donors (Lipinski definition) is 2. The maximum Gasteiger partial charge on any atom is 0.417 e. The SMILES string of the molecule is O=C(O)Cc1c(-c2ccccc2C(F)(F)F)[nH]c2ccc(Cl)cc12. The van der Waals surface area contributed by atoms with E-state index < -0.39 is 24.1 Å². The van der Waals surface area contributed by atoms with Crippen LogP contribution in [0, 0.1) is 0 Å². The zero-order chi connectivity index (χ0) is 17.5. The Kier molecular flexibility index (Phi) is 4.01. The van der Waals surface area contributed by atoms with Crippen LogP contribution in [-0.2, 0) is 17.4 Å². The third-order valence-corrected chi connectivity index (χ3v) is 3.93. The zero-order valence-corrected chi connectivity index (χ0v) is 12.9. The number of aromatic nitrogens is 1. The summed E-state index contributed by atoms with van der Waals surface area (Å²) in [7, 11) is 0. The van der Waals surface area contributed by atoms with Crippen molar-refractivity contribution in [2.75, 3.05) is 0 Å². The number of fused-ring (bicyclic) bond motifs is 1. The average molecular weight is 354 g/mol. The van der Waals surface area contributed by atoms with Gasteiger partial charge < -0.3 is 10.1 Å². The molecule has 0 aliphatic heterocycles. The van der Waals surface area contributed by atoms with Crippen LogP contribution in [0.25, 0.3) is 22.2 Å². The predicted octanol–water partition coefficient (Wildman–Crippen LogP) is 5.13. The first-order valence-corrected chi connectivity index (χ1v) is 7.33. The van der Waals surface area contributed by atoms with Crippen LogP contribution in [0.4, 0.5) is 13.2 Å². The lowest BCUT2D eigenvalue weighted by Crippen LogP contribution is -2.08. The number of alkyl halides is 3. The van der Waals surface area contributed by atoms with Gasteiger partial charge in [0.2, 0.25) is 0 Å². The van der Waals surface area contributed by atoms with Crippen molar-refractivity contribution >= 4 is 28.5 Å². The standard InChI is InChI=1S/C17H11ClF3NO2/c18-9-5-6-14-11(7-9)12(8-15(23)24)16(22-14)10-3-1-2-4-13(10)17(19,20)21/h1-7,22H,8H2,(H,23,24). The van der Waals surface area contributed by atoms with Gasteiger partial charge in [-0.1, -0.05) is 29.8 Å². The number of aromatic amines is 1. The van der Waals surface area contributed by atoms with Crippen LogP contribution in [0.15, 0.2) is 42.5 Å². The molecule has 3 aromatic rings. The van der Waals surface area contributed by atoms with E-state index in [-0.39, 0.29) is 16.8 Å². The first-order chi connectivity index (χ1) is 11.3. The minimum Gasteiger partial charge on any atom is -0.481 e. The highest BCUT2D eigenvalue weighted by atomic mass is 35.5. The molecular weight excluding hydrogens is 343 g/mol. The van der Waals surface area contributed by atoms with Gasteiger partial charge in [0.15, 0.2) is 0 Å². The van der Waals surface area contributed by atoms with Crippen molar-refractivity contribution in [3.05, 3.63) is 58.6 Å². The lowest BCUT2D eigenvalue weighted by atomic mass is 9.98. The van der Waals surface area contributed by atoms with Crippen molar-refractivity contribution in [1.82, 2.24) is 4.98 Å². The fourth-order valence-electron chi connectivity index (χ4n) is 2.73. The number of rotatable bonds is 3. The van der Waals surface area contributed by atoms with Crippen molar-refractivity contribution in [1.29, 1.82) is 0 Å². The van der Waals surface area contributed by atoms with E-state index in [1.54, 1.807) is 18.2 Å². The third-order valence-electron chi connectivity index (χ3n) is 3.70. The Morgan fingerprint density at radius 3 is 2.54 bits per heavy atom. The molecule has 0 fully saturated rings. The molecule has 0 bridgehead atoms. The van der Waals surface area contributed by atoms with Crippen molar-refractivity contribution in [3.63, 3.8) is 0 Å². The monoisotopic (exact) mass is 353 g/mol. The van der Waals surface area contributed by atoms with Gasteiger partial charge in [0.1, 0.15) is 0 Å². The minimum atomic E-state index is -4.55. The van der Waals surface area contributed by atoms with Crippen LogP contribution >= 0.6 is 11.6 Å². The normalized spacial score (nSPS) is 11.8. The van der Waals surface area contributed by atoms with Crippen LogP contribution < -0.4 is 0 Å². The van der Waals surface area contributed by atoms with Crippen molar-refractivity contribution in [2.24, 2.45) is 0 Å². The lowest BCUT2D eigenvalue weighted by molar-refractivity contribution is -0.137. The molecule has 24 heavy (non-hydrogen) atoms. The zero-order valence-electron chi connectivity index (χ0n) is 12.1. The number of hydrogen-bond acceptors (Lipinski definition) is 1. The lowest BCUT2D eigenvalue weighted by Gasteiger charge is -2.13. The molecule has 0 aliphatic rings. The molecule has 0 aliphatic carbocycles. The fourth-order valence-corrected chi connectivity index (χ4v) is 2.91. The summed E-state index contributed by atoms with van der Waals surface area (Å²) in [5, 5.41) is 10.0. The molecule has 0 radical (unpaired) electrons. The highest BCUT2D eigenvalue weighted by molar-refractivity contribution is 6.31. The number of H-pyrrole nitrogens is 1. The van der Waals surface area contributed by atoms with Crippen molar-refractivity contribution in [2.45, 2.75) is 12.6 Å². The fraction of sp³-hybridized carbons (Fsp3) is 0.118. The van der Waals surface area contributed by atoms with Gasteiger partial charge in [-0.15, -0.1) is 0 Å². The van der Waals surface area contributed by atoms with Crippen molar-refractivity contribution in [3.8, 4) is 11.3 Å². The van der Waals surface area contributed by atoms with E-state index in [9.17, 15) is 18.0 Å². The first-order valence-electron chi connectivity index (χ1n) is 6.96. The van der Waals surface area contributed by atoms with Crippen LogP contribution in [-0.4, -0.2) is 16.1 Å². The Hall–Kier alpha value is -2.47. The Labute approximate surface area is 139 Å². The van der Waals surface area contributed by atoms with E-state index in [2.05, 4.69) is 4.98 Å². The quantitative estimate of drug-likeness (QED) is 0.685. The molecule has 1 heterocycles. The van der Waals surface area contributed by atoms with Crippen LogP contribution in [0.2, 0.25) is 5.02 Å². The molecule has 2 N–H and O–H groups in total. The Balaban J connectivity index is 2.33. The summed E-state index contributed by atoms with van der Waals surface area (Å²) in [6.45, 7) is 0. The van der Waals surface area contributed by atoms with Crippen LogP contribution in [0.1, 0.15) is 11.1 Å². The Morgan fingerprint density at radius 2 is 1.88 bits per heavy atom. The summed E-state index contributed by atoms with van der Waals surface area (Å²) in [4.78, 5) is 14.1. The average Bonchev–Trinajstić information content (AvgIpc) is 2.84.